The second-order valence-electron chi connectivity index (χ2n) is 6.78. The molecule has 0 radical (unpaired) electrons. The fraction of sp³-hybridized carbons (Fsp3) is 0.333. The van der Waals surface area contributed by atoms with Crippen LogP contribution >= 0.6 is 0 Å². The van der Waals surface area contributed by atoms with Crippen molar-refractivity contribution in [3.05, 3.63) is 60.2 Å². The normalized spacial score (nSPS) is 16.7. The van der Waals surface area contributed by atoms with Crippen LogP contribution in [0.25, 0.3) is 0 Å². The van der Waals surface area contributed by atoms with E-state index in [-0.39, 0.29) is 18.0 Å². The van der Waals surface area contributed by atoms with Crippen LogP contribution < -0.4 is 16.0 Å². The molecule has 1 heterocycles. The number of urea groups is 1. The minimum atomic E-state index is -0.202. The van der Waals surface area contributed by atoms with E-state index < -0.39 is 0 Å². The molecule has 1 aliphatic heterocycles. The number of benzene rings is 2. The molecule has 3 rings (SSSR count). The first kappa shape index (κ1) is 18.9. The molecule has 6 nitrogen and oxygen atoms in total. The number of hydrogen-bond acceptors (Lipinski definition) is 3. The van der Waals surface area contributed by atoms with E-state index in [0.717, 1.165) is 31.7 Å². The molecule has 6 heteroatoms. The van der Waals surface area contributed by atoms with Crippen LogP contribution in [0.4, 0.5) is 16.2 Å². The zero-order valence-electron chi connectivity index (χ0n) is 15.6. The molecule has 0 aliphatic carbocycles. The molecule has 3 amide bonds. The average molecular weight is 366 g/mol. The summed E-state index contributed by atoms with van der Waals surface area (Å²) >= 11 is 0. The highest BCUT2D eigenvalue weighted by atomic mass is 16.2. The third-order valence-corrected chi connectivity index (χ3v) is 4.60. The molecule has 2 aromatic rings. The predicted molar refractivity (Wildman–Crippen MR) is 108 cm³/mol. The lowest BCUT2D eigenvalue weighted by Crippen LogP contribution is -2.39. The van der Waals surface area contributed by atoms with Gasteiger partial charge in [-0.1, -0.05) is 37.3 Å². The van der Waals surface area contributed by atoms with Crippen LogP contribution in [0.5, 0.6) is 0 Å². The molecule has 3 N–H and O–H groups in total. The average Bonchev–Trinajstić information content (AvgIpc) is 3.10. The van der Waals surface area contributed by atoms with Crippen LogP contribution in [0.15, 0.2) is 54.6 Å². The molecule has 0 unspecified atom stereocenters. The molecule has 0 spiro atoms. The van der Waals surface area contributed by atoms with Gasteiger partial charge in [0.2, 0.25) is 5.91 Å². The topological polar surface area (TPSA) is 73.5 Å². The molecule has 27 heavy (non-hydrogen) atoms. The highest BCUT2D eigenvalue weighted by molar-refractivity contribution is 5.92. The van der Waals surface area contributed by atoms with E-state index in [1.54, 1.807) is 31.2 Å². The predicted octanol–water partition coefficient (Wildman–Crippen LogP) is 3.43. The van der Waals surface area contributed by atoms with Crippen molar-refractivity contribution >= 4 is 23.3 Å². The minimum absolute atomic E-state index is 0.0326. The van der Waals surface area contributed by atoms with E-state index in [9.17, 15) is 9.59 Å². The van der Waals surface area contributed by atoms with Crippen molar-refractivity contribution in [2.24, 2.45) is 0 Å². The van der Waals surface area contributed by atoms with Gasteiger partial charge in [-0.15, -0.1) is 0 Å². The Hall–Kier alpha value is -2.86. The Morgan fingerprint density at radius 3 is 2.33 bits per heavy atom. The summed E-state index contributed by atoms with van der Waals surface area (Å²) in [6, 6.07) is 17.4. The van der Waals surface area contributed by atoms with Crippen molar-refractivity contribution < 1.29 is 9.59 Å². The second-order valence-corrected chi connectivity index (χ2v) is 6.78. The first-order chi connectivity index (χ1) is 13.1. The first-order valence-electron chi connectivity index (χ1n) is 9.36. The number of rotatable bonds is 6. The summed E-state index contributed by atoms with van der Waals surface area (Å²) in [6.07, 6.45) is 1.38. The molecule has 2 aromatic carbocycles. The first-order valence-corrected chi connectivity index (χ1v) is 9.36. The lowest BCUT2D eigenvalue weighted by Gasteiger charge is -2.17. The molecule has 142 valence electrons. The summed E-state index contributed by atoms with van der Waals surface area (Å²) in [4.78, 5) is 26.0. The number of carbonyl (C=O) groups excluding carboxylic acids is 2. The molecule has 1 saturated heterocycles. The molecule has 1 fully saturated rings. The summed E-state index contributed by atoms with van der Waals surface area (Å²) in [5.74, 6) is -0.0326. The largest absolute Gasteiger partial charge is 0.334 e. The van der Waals surface area contributed by atoms with E-state index in [0.29, 0.717) is 12.1 Å². The van der Waals surface area contributed by atoms with Gasteiger partial charge in [0.1, 0.15) is 0 Å². The van der Waals surface area contributed by atoms with Gasteiger partial charge >= 0.3 is 6.03 Å². The summed E-state index contributed by atoms with van der Waals surface area (Å²) in [5, 5.41) is 8.67. The molecular weight excluding hydrogens is 340 g/mol. The highest BCUT2D eigenvalue weighted by Crippen LogP contribution is 2.15. The van der Waals surface area contributed by atoms with Gasteiger partial charge in [-0.25, -0.2) is 4.79 Å². The number of nitrogens with one attached hydrogen (secondary N) is 3. The van der Waals surface area contributed by atoms with Gasteiger partial charge in [0.15, 0.2) is 0 Å². The Labute approximate surface area is 159 Å². The quantitative estimate of drug-likeness (QED) is 0.733. The number of nitrogens with zero attached hydrogens (tertiary/aromatic N) is 1. The molecule has 1 aliphatic rings. The Morgan fingerprint density at radius 2 is 1.67 bits per heavy atom. The van der Waals surface area contributed by atoms with E-state index >= 15 is 0 Å². The summed E-state index contributed by atoms with van der Waals surface area (Å²) in [5.41, 5.74) is 2.71. The van der Waals surface area contributed by atoms with Gasteiger partial charge in [-0.05, 0) is 36.2 Å². The van der Waals surface area contributed by atoms with Crippen molar-refractivity contribution in [3.63, 3.8) is 0 Å². The number of likely N-dealkylation sites (tertiary alicyclic amines) is 1. The van der Waals surface area contributed by atoms with Crippen molar-refractivity contribution in [2.45, 2.75) is 32.4 Å². The van der Waals surface area contributed by atoms with Crippen LogP contribution in [0, 0.1) is 0 Å². The van der Waals surface area contributed by atoms with E-state index in [2.05, 4.69) is 33.0 Å². The molecular formula is C21H26N4O2. The van der Waals surface area contributed by atoms with Gasteiger partial charge in [-0.2, -0.15) is 0 Å². The Kier molecular flexibility index (Phi) is 6.44. The second kappa shape index (κ2) is 9.19. The van der Waals surface area contributed by atoms with Gasteiger partial charge < -0.3 is 16.0 Å². The maximum absolute atomic E-state index is 12.2. The maximum atomic E-state index is 12.2. The fourth-order valence-electron chi connectivity index (χ4n) is 3.17. The lowest BCUT2D eigenvalue weighted by molar-refractivity contribution is -0.115. The van der Waals surface area contributed by atoms with Crippen LogP contribution in [-0.2, 0) is 11.3 Å². The third kappa shape index (κ3) is 5.82. The number of hydrogen-bond donors (Lipinski definition) is 3. The van der Waals surface area contributed by atoms with Crippen LogP contribution in [0.2, 0.25) is 0 Å². The SMILES string of the molecule is CCC(=O)Nc1ccc(NC(=O)N[C@@H]2CCN(Cc3ccccc3)C2)cc1. The zero-order valence-corrected chi connectivity index (χ0v) is 15.6. The standard InChI is InChI=1S/C21H26N4O2/c1-2-20(26)22-17-8-10-18(11-9-17)23-21(27)24-19-12-13-25(15-19)14-16-6-4-3-5-7-16/h3-11,19H,2,12-15H2,1H3,(H,22,26)(H2,23,24,27)/t19-/m1/s1. The molecule has 0 aromatic heterocycles. The van der Waals surface area contributed by atoms with Crippen molar-refractivity contribution in [3.8, 4) is 0 Å². The smallest absolute Gasteiger partial charge is 0.319 e. The molecule has 0 saturated carbocycles. The van der Waals surface area contributed by atoms with Crippen LogP contribution in [0.3, 0.4) is 0 Å². The van der Waals surface area contributed by atoms with Crippen LogP contribution in [-0.4, -0.2) is 36.0 Å². The van der Waals surface area contributed by atoms with E-state index in [1.165, 1.54) is 5.56 Å². The van der Waals surface area contributed by atoms with Gasteiger partial charge in [-0.3, -0.25) is 9.69 Å². The number of amides is 3. The van der Waals surface area contributed by atoms with Crippen molar-refractivity contribution in [1.29, 1.82) is 0 Å². The Balaban J connectivity index is 1.43. The fourth-order valence-corrected chi connectivity index (χ4v) is 3.17. The number of anilines is 2. The minimum Gasteiger partial charge on any atom is -0.334 e. The zero-order chi connectivity index (χ0) is 19.1. The monoisotopic (exact) mass is 366 g/mol. The maximum Gasteiger partial charge on any atom is 0.319 e. The van der Waals surface area contributed by atoms with Gasteiger partial charge in [0, 0.05) is 43.5 Å². The summed E-state index contributed by atoms with van der Waals surface area (Å²) in [6.45, 7) is 4.54. The third-order valence-electron chi connectivity index (χ3n) is 4.60. The Morgan fingerprint density at radius 1 is 1.00 bits per heavy atom. The lowest BCUT2D eigenvalue weighted by atomic mass is 10.2. The van der Waals surface area contributed by atoms with Crippen molar-refractivity contribution in [1.82, 2.24) is 10.2 Å². The highest BCUT2D eigenvalue weighted by Gasteiger charge is 2.23. The van der Waals surface area contributed by atoms with Crippen LogP contribution in [0.1, 0.15) is 25.3 Å². The summed E-state index contributed by atoms with van der Waals surface area (Å²) in [7, 11) is 0. The van der Waals surface area contributed by atoms with E-state index in [4.69, 9.17) is 0 Å². The van der Waals surface area contributed by atoms with E-state index in [1.807, 2.05) is 18.2 Å². The molecule has 1 atom stereocenters. The van der Waals surface area contributed by atoms with Gasteiger partial charge in [0.05, 0.1) is 0 Å². The Bertz CT molecular complexity index is 762. The van der Waals surface area contributed by atoms with Gasteiger partial charge in [0.25, 0.3) is 0 Å². The molecule has 0 bridgehead atoms. The summed E-state index contributed by atoms with van der Waals surface area (Å²) < 4.78 is 0. The van der Waals surface area contributed by atoms with Crippen molar-refractivity contribution in [2.75, 3.05) is 23.7 Å². The number of carbonyl (C=O) groups is 2.